The summed E-state index contributed by atoms with van der Waals surface area (Å²) in [5, 5.41) is 15.3. The lowest BCUT2D eigenvalue weighted by Gasteiger charge is -2.25. The molecule has 1 aliphatic rings. The van der Waals surface area contributed by atoms with Crippen LogP contribution in [0.15, 0.2) is 54.6 Å². The van der Waals surface area contributed by atoms with Gasteiger partial charge < -0.3 is 9.84 Å². The molecule has 0 amide bonds. The van der Waals surface area contributed by atoms with Crippen LogP contribution in [-0.2, 0) is 13.0 Å². The summed E-state index contributed by atoms with van der Waals surface area (Å²) in [6.07, 6.45) is 3.85. The second-order valence-corrected chi connectivity index (χ2v) is 8.95. The summed E-state index contributed by atoms with van der Waals surface area (Å²) in [5.74, 6) is 2.32. The van der Waals surface area contributed by atoms with Crippen LogP contribution in [0.4, 0.5) is 0 Å². The van der Waals surface area contributed by atoms with Gasteiger partial charge in [-0.3, -0.25) is 4.90 Å². The van der Waals surface area contributed by atoms with Crippen molar-refractivity contribution in [2.45, 2.75) is 59.1 Å². The molecule has 1 fully saturated rings. The number of aliphatic hydroxyl groups is 1. The molecular weight excluding hydrogens is 398 g/mol. The number of nitrogens with zero attached hydrogens (tertiary/aromatic N) is 3. The zero-order valence-electron chi connectivity index (χ0n) is 19.5. The fourth-order valence-electron chi connectivity index (χ4n) is 4.01. The molecule has 1 saturated carbocycles. The topological polar surface area (TPSA) is 50.5 Å². The van der Waals surface area contributed by atoms with E-state index in [-0.39, 0.29) is 6.10 Å². The fraction of sp³-hybridized carbons (Fsp3) is 0.444. The monoisotopic (exact) mass is 433 g/mol. The Labute approximate surface area is 191 Å². The molecule has 0 unspecified atom stereocenters. The first-order valence-corrected chi connectivity index (χ1v) is 11.9. The molecule has 32 heavy (non-hydrogen) atoms. The Morgan fingerprint density at radius 2 is 1.81 bits per heavy atom. The highest BCUT2D eigenvalue weighted by molar-refractivity contribution is 5.44. The van der Waals surface area contributed by atoms with E-state index in [1.807, 2.05) is 41.9 Å². The predicted molar refractivity (Wildman–Crippen MR) is 128 cm³/mol. The first-order chi connectivity index (χ1) is 15.6. The van der Waals surface area contributed by atoms with E-state index >= 15 is 0 Å². The number of ether oxygens (including phenoxy) is 1. The number of benzene rings is 2. The van der Waals surface area contributed by atoms with Gasteiger partial charge in [-0.2, -0.15) is 5.10 Å². The van der Waals surface area contributed by atoms with Gasteiger partial charge in [-0.25, -0.2) is 4.68 Å². The van der Waals surface area contributed by atoms with Crippen LogP contribution in [0.2, 0.25) is 0 Å². The van der Waals surface area contributed by atoms with Gasteiger partial charge in [0.2, 0.25) is 5.88 Å². The minimum Gasteiger partial charge on any atom is -0.439 e. The second kappa shape index (κ2) is 10.3. The lowest BCUT2D eigenvalue weighted by atomic mass is 10.1. The van der Waals surface area contributed by atoms with E-state index in [4.69, 9.17) is 9.84 Å². The molecule has 1 heterocycles. The lowest BCUT2D eigenvalue weighted by molar-refractivity contribution is 0.102. The van der Waals surface area contributed by atoms with Gasteiger partial charge in [0, 0.05) is 19.6 Å². The van der Waals surface area contributed by atoms with Crippen LogP contribution in [0.3, 0.4) is 0 Å². The van der Waals surface area contributed by atoms with Gasteiger partial charge in [0.05, 0.1) is 23.0 Å². The third-order valence-electron chi connectivity index (χ3n) is 6.13. The number of hydrogen-bond donors (Lipinski definition) is 1. The number of para-hydroxylation sites is 1. The lowest BCUT2D eigenvalue weighted by Crippen LogP contribution is -2.33. The number of rotatable bonds is 11. The zero-order valence-corrected chi connectivity index (χ0v) is 19.5. The van der Waals surface area contributed by atoms with Crippen molar-refractivity contribution in [2.24, 2.45) is 5.92 Å². The average molecular weight is 434 g/mol. The van der Waals surface area contributed by atoms with Crippen molar-refractivity contribution in [2.75, 3.05) is 13.1 Å². The Bertz CT molecular complexity index is 994. The van der Waals surface area contributed by atoms with Crippen molar-refractivity contribution in [1.82, 2.24) is 14.7 Å². The summed E-state index contributed by atoms with van der Waals surface area (Å²) >= 11 is 0. The van der Waals surface area contributed by atoms with Crippen molar-refractivity contribution in [3.63, 3.8) is 0 Å². The van der Waals surface area contributed by atoms with Crippen LogP contribution in [0.5, 0.6) is 11.6 Å². The molecule has 1 aliphatic carbocycles. The van der Waals surface area contributed by atoms with Crippen molar-refractivity contribution >= 4 is 0 Å². The Morgan fingerprint density at radius 1 is 1.09 bits per heavy atom. The van der Waals surface area contributed by atoms with E-state index in [2.05, 4.69) is 43.0 Å². The molecule has 2 aromatic carbocycles. The van der Waals surface area contributed by atoms with Crippen LogP contribution in [0.1, 0.15) is 49.9 Å². The molecule has 0 bridgehead atoms. The zero-order chi connectivity index (χ0) is 22.5. The van der Waals surface area contributed by atoms with Gasteiger partial charge in [0.1, 0.15) is 5.75 Å². The van der Waals surface area contributed by atoms with Gasteiger partial charge in [0.25, 0.3) is 0 Å². The Kier molecular flexibility index (Phi) is 7.28. The predicted octanol–water partition coefficient (Wildman–Crippen LogP) is 5.52. The third kappa shape index (κ3) is 5.59. The SMILES string of the molecule is CCc1nn(-c2ccccc2)c(Oc2ccc(C)cc2)c1CN(CC1CC1)C[C@H](O)CC. The maximum Gasteiger partial charge on any atom is 0.227 e. The molecule has 3 aromatic rings. The Balaban J connectivity index is 1.73. The molecule has 0 aliphatic heterocycles. The van der Waals surface area contributed by atoms with Crippen molar-refractivity contribution in [3.8, 4) is 17.3 Å². The molecule has 1 atom stereocenters. The molecule has 170 valence electrons. The summed E-state index contributed by atoms with van der Waals surface area (Å²) in [6.45, 7) is 8.68. The minimum atomic E-state index is -0.315. The fourth-order valence-corrected chi connectivity index (χ4v) is 4.01. The van der Waals surface area contributed by atoms with Crippen molar-refractivity contribution < 1.29 is 9.84 Å². The van der Waals surface area contributed by atoms with Crippen LogP contribution >= 0.6 is 0 Å². The Hall–Kier alpha value is -2.63. The number of aromatic nitrogens is 2. The summed E-state index contributed by atoms with van der Waals surface area (Å²) in [6, 6.07) is 18.3. The van der Waals surface area contributed by atoms with Gasteiger partial charge in [0.15, 0.2) is 0 Å². The van der Waals surface area contributed by atoms with E-state index < -0.39 is 0 Å². The molecule has 1 N–H and O–H groups in total. The molecule has 5 heteroatoms. The van der Waals surface area contributed by atoms with Crippen LogP contribution in [-0.4, -0.2) is 39.0 Å². The molecule has 0 saturated heterocycles. The Morgan fingerprint density at radius 3 is 2.44 bits per heavy atom. The van der Waals surface area contributed by atoms with Crippen LogP contribution < -0.4 is 4.74 Å². The standard InChI is InChI=1S/C27H35N3O2/c1-4-23(31)18-29(17-21-13-14-21)19-25-26(5-2)28-30(22-9-7-6-8-10-22)27(25)32-24-15-11-20(3)12-16-24/h6-12,15-16,21,23,31H,4-5,13-14,17-19H2,1-3H3/t23-/m1/s1. The molecular formula is C27H35N3O2. The van der Waals surface area contributed by atoms with Crippen molar-refractivity contribution in [3.05, 3.63) is 71.4 Å². The average Bonchev–Trinajstić information content (AvgIpc) is 3.57. The summed E-state index contributed by atoms with van der Waals surface area (Å²) in [4.78, 5) is 2.39. The number of hydrogen-bond acceptors (Lipinski definition) is 4. The summed E-state index contributed by atoms with van der Waals surface area (Å²) < 4.78 is 8.43. The third-order valence-corrected chi connectivity index (χ3v) is 6.13. The van der Waals surface area contributed by atoms with Gasteiger partial charge in [-0.05, 0) is 62.8 Å². The van der Waals surface area contributed by atoms with E-state index in [9.17, 15) is 5.11 Å². The van der Waals surface area contributed by atoms with E-state index in [1.165, 1.54) is 18.4 Å². The molecule has 5 nitrogen and oxygen atoms in total. The summed E-state index contributed by atoms with van der Waals surface area (Å²) in [7, 11) is 0. The van der Waals surface area contributed by atoms with E-state index in [0.717, 1.165) is 60.4 Å². The highest BCUT2D eigenvalue weighted by Crippen LogP contribution is 2.34. The smallest absolute Gasteiger partial charge is 0.227 e. The largest absolute Gasteiger partial charge is 0.439 e. The molecule has 1 aromatic heterocycles. The quantitative estimate of drug-likeness (QED) is 0.433. The van der Waals surface area contributed by atoms with Crippen molar-refractivity contribution in [1.29, 1.82) is 0 Å². The minimum absolute atomic E-state index is 0.315. The van der Waals surface area contributed by atoms with E-state index in [0.29, 0.717) is 6.54 Å². The molecule has 4 rings (SSSR count). The number of aliphatic hydroxyl groups excluding tert-OH is 1. The molecule has 0 radical (unpaired) electrons. The van der Waals surface area contributed by atoms with E-state index in [1.54, 1.807) is 0 Å². The first kappa shape index (κ1) is 22.6. The highest BCUT2D eigenvalue weighted by Gasteiger charge is 2.28. The van der Waals surface area contributed by atoms with Gasteiger partial charge in [-0.1, -0.05) is 49.7 Å². The number of aryl methyl sites for hydroxylation is 2. The van der Waals surface area contributed by atoms with Crippen LogP contribution in [0.25, 0.3) is 5.69 Å². The summed E-state index contributed by atoms with van der Waals surface area (Å²) in [5.41, 5.74) is 4.34. The van der Waals surface area contributed by atoms with Crippen LogP contribution in [0, 0.1) is 12.8 Å². The highest BCUT2D eigenvalue weighted by atomic mass is 16.5. The first-order valence-electron chi connectivity index (χ1n) is 11.9. The van der Waals surface area contributed by atoms with Gasteiger partial charge in [-0.15, -0.1) is 0 Å². The second-order valence-electron chi connectivity index (χ2n) is 8.95. The molecule has 0 spiro atoms. The maximum absolute atomic E-state index is 10.4. The van der Waals surface area contributed by atoms with Gasteiger partial charge >= 0.3 is 0 Å². The normalized spacial score (nSPS) is 14.7. The maximum atomic E-state index is 10.4.